The molecule has 0 fully saturated rings. The van der Waals surface area contributed by atoms with E-state index in [2.05, 4.69) is 5.32 Å². The third kappa shape index (κ3) is 5.16. The molecule has 1 atom stereocenters. The highest BCUT2D eigenvalue weighted by Gasteiger charge is 2.37. The van der Waals surface area contributed by atoms with Crippen molar-refractivity contribution in [3.8, 4) is 17.2 Å². The summed E-state index contributed by atoms with van der Waals surface area (Å²) < 4.78 is 63.6. The number of aromatic hydroxyl groups is 1. The van der Waals surface area contributed by atoms with Crippen LogP contribution in [0.1, 0.15) is 42.2 Å². The van der Waals surface area contributed by atoms with Gasteiger partial charge >= 0.3 is 6.18 Å². The second kappa shape index (κ2) is 10.6. The molecule has 0 aromatic heterocycles. The molecule has 38 heavy (non-hydrogen) atoms. The Morgan fingerprint density at radius 1 is 0.974 bits per heavy atom. The van der Waals surface area contributed by atoms with Crippen LogP contribution >= 0.6 is 0 Å². The highest BCUT2D eigenvalue weighted by atomic mass is 19.4. The summed E-state index contributed by atoms with van der Waals surface area (Å²) in [6.45, 7) is 5.34. The highest BCUT2D eigenvalue weighted by Crippen LogP contribution is 2.51. The first-order chi connectivity index (χ1) is 18.3. The Balaban J connectivity index is 1.51. The van der Waals surface area contributed by atoms with Crippen molar-refractivity contribution in [2.24, 2.45) is 0 Å². The molecule has 9 heteroatoms. The van der Waals surface area contributed by atoms with Gasteiger partial charge in [-0.05, 0) is 61.4 Å². The van der Waals surface area contributed by atoms with Crippen LogP contribution < -0.4 is 14.8 Å². The minimum atomic E-state index is -4.49. The van der Waals surface area contributed by atoms with Crippen molar-refractivity contribution in [2.75, 3.05) is 31.7 Å². The first kappa shape index (κ1) is 25.9. The number of alkyl halides is 3. The molecule has 2 N–H and O–H groups in total. The van der Waals surface area contributed by atoms with Crippen LogP contribution in [0, 0.1) is 0 Å². The van der Waals surface area contributed by atoms with Crippen LogP contribution in [0.15, 0.2) is 60.7 Å². The van der Waals surface area contributed by atoms with Gasteiger partial charge in [0.2, 0.25) is 0 Å². The van der Waals surface area contributed by atoms with Gasteiger partial charge < -0.3 is 29.4 Å². The van der Waals surface area contributed by atoms with Gasteiger partial charge in [0, 0.05) is 48.2 Å². The number of halogens is 3. The molecule has 0 amide bonds. The predicted octanol–water partition coefficient (Wildman–Crippen LogP) is 6.66. The number of hydrogen-bond donors (Lipinski definition) is 2. The van der Waals surface area contributed by atoms with Crippen molar-refractivity contribution in [1.82, 2.24) is 0 Å². The maximum atomic E-state index is 13.5. The van der Waals surface area contributed by atoms with Gasteiger partial charge in [-0.1, -0.05) is 18.2 Å². The lowest BCUT2D eigenvalue weighted by molar-refractivity contribution is -0.152. The average molecular weight is 528 g/mol. The molecule has 3 aromatic carbocycles. The Bertz CT molecular complexity index is 1330. The monoisotopic (exact) mass is 527 g/mol. The second-order valence-electron chi connectivity index (χ2n) is 8.90. The van der Waals surface area contributed by atoms with Crippen LogP contribution in [0.4, 0.5) is 18.9 Å². The van der Waals surface area contributed by atoms with E-state index in [1.165, 1.54) is 6.07 Å². The number of rotatable bonds is 8. The van der Waals surface area contributed by atoms with Crippen molar-refractivity contribution in [3.63, 3.8) is 0 Å². The lowest BCUT2D eigenvalue weighted by Crippen LogP contribution is -2.25. The van der Waals surface area contributed by atoms with Crippen LogP contribution in [-0.2, 0) is 15.7 Å². The van der Waals surface area contributed by atoms with E-state index in [-0.39, 0.29) is 18.1 Å². The standard InChI is InChI=1S/C29H28F3NO5/c1-3-35-26(36-4-2)16-37-20-9-5-17(6-10-20)28-27-22-12-8-19(34)14-24(22)33-15-23(27)21-11-7-18(29(30,31)32)13-25(21)38-28/h5-14,26,28,33-34H,3-4,15-16H2,1-2H3/t28-/m1/s1. The van der Waals surface area contributed by atoms with E-state index in [4.69, 9.17) is 18.9 Å². The number of nitrogens with one attached hydrogen (secondary N) is 1. The van der Waals surface area contributed by atoms with E-state index >= 15 is 0 Å². The summed E-state index contributed by atoms with van der Waals surface area (Å²) in [6.07, 6.45) is -5.64. The van der Waals surface area contributed by atoms with E-state index in [1.807, 2.05) is 26.0 Å². The molecule has 0 aliphatic carbocycles. The second-order valence-corrected chi connectivity index (χ2v) is 8.90. The van der Waals surface area contributed by atoms with Crippen LogP contribution in [-0.4, -0.2) is 37.8 Å². The van der Waals surface area contributed by atoms with Gasteiger partial charge in [0.15, 0.2) is 6.29 Å². The maximum Gasteiger partial charge on any atom is 0.416 e. The molecule has 0 unspecified atom stereocenters. The van der Waals surface area contributed by atoms with Gasteiger partial charge in [0.1, 0.15) is 30.0 Å². The highest BCUT2D eigenvalue weighted by molar-refractivity contribution is 6.02. The van der Waals surface area contributed by atoms with Gasteiger partial charge in [-0.15, -0.1) is 0 Å². The van der Waals surface area contributed by atoms with Gasteiger partial charge in [0.25, 0.3) is 0 Å². The number of benzene rings is 3. The normalized spacial score (nSPS) is 16.3. The van der Waals surface area contributed by atoms with E-state index < -0.39 is 24.1 Å². The molecule has 200 valence electrons. The molecule has 0 spiro atoms. The third-order valence-corrected chi connectivity index (χ3v) is 6.49. The number of fused-ring (bicyclic) bond motifs is 4. The molecular weight excluding hydrogens is 499 g/mol. The summed E-state index contributed by atoms with van der Waals surface area (Å²) in [5.74, 6) is 0.880. The fourth-order valence-electron chi connectivity index (χ4n) is 4.78. The number of anilines is 1. The molecule has 0 saturated heterocycles. The first-order valence-electron chi connectivity index (χ1n) is 12.4. The van der Waals surface area contributed by atoms with E-state index in [0.29, 0.717) is 31.1 Å². The summed E-state index contributed by atoms with van der Waals surface area (Å²) in [4.78, 5) is 0. The lowest BCUT2D eigenvalue weighted by atomic mass is 9.82. The first-order valence-corrected chi connectivity index (χ1v) is 12.4. The zero-order valence-electron chi connectivity index (χ0n) is 21.0. The summed E-state index contributed by atoms with van der Waals surface area (Å²) in [5.41, 5.74) is 3.82. The smallest absolute Gasteiger partial charge is 0.416 e. The fourth-order valence-corrected chi connectivity index (χ4v) is 4.78. The quantitative estimate of drug-likeness (QED) is 0.320. The number of phenols is 1. The Hall–Kier alpha value is -3.69. The van der Waals surface area contributed by atoms with E-state index in [1.54, 1.807) is 30.3 Å². The maximum absolute atomic E-state index is 13.5. The van der Waals surface area contributed by atoms with Crippen molar-refractivity contribution in [2.45, 2.75) is 32.4 Å². The Morgan fingerprint density at radius 3 is 2.37 bits per heavy atom. The summed E-state index contributed by atoms with van der Waals surface area (Å²) in [5, 5.41) is 13.3. The molecular formula is C29H28F3NO5. The topological polar surface area (TPSA) is 69.2 Å². The summed E-state index contributed by atoms with van der Waals surface area (Å²) in [6, 6.07) is 15.8. The molecule has 0 saturated carbocycles. The van der Waals surface area contributed by atoms with Crippen molar-refractivity contribution < 1.29 is 37.2 Å². The van der Waals surface area contributed by atoms with Crippen molar-refractivity contribution >= 4 is 16.8 Å². The van der Waals surface area contributed by atoms with Gasteiger partial charge in [-0.25, -0.2) is 0 Å². The Morgan fingerprint density at radius 2 is 1.68 bits per heavy atom. The number of ether oxygens (including phenoxy) is 4. The van der Waals surface area contributed by atoms with E-state index in [9.17, 15) is 18.3 Å². The van der Waals surface area contributed by atoms with Crippen LogP contribution in [0.2, 0.25) is 0 Å². The van der Waals surface area contributed by atoms with Gasteiger partial charge in [0.05, 0.1) is 5.56 Å². The predicted molar refractivity (Wildman–Crippen MR) is 137 cm³/mol. The SMILES string of the molecule is CCOC(COc1ccc([C@H]2Oc3cc(C(F)(F)F)ccc3C3=C2c2ccc(O)cc2NC3)cc1)OCC. The Kier molecular flexibility index (Phi) is 7.23. The average Bonchev–Trinajstić information content (AvgIpc) is 2.90. The molecule has 6 nitrogen and oxygen atoms in total. The largest absolute Gasteiger partial charge is 0.508 e. The molecule has 0 bridgehead atoms. The van der Waals surface area contributed by atoms with Crippen LogP contribution in [0.25, 0.3) is 11.1 Å². The van der Waals surface area contributed by atoms with Gasteiger partial charge in [-0.2, -0.15) is 13.2 Å². The van der Waals surface area contributed by atoms with Crippen molar-refractivity contribution in [3.05, 3.63) is 82.9 Å². The zero-order chi connectivity index (χ0) is 26.9. The number of phenolic OH excluding ortho intramolecular Hbond substituents is 1. The minimum Gasteiger partial charge on any atom is -0.508 e. The lowest BCUT2D eigenvalue weighted by Gasteiger charge is -2.36. The molecule has 0 radical (unpaired) electrons. The fraction of sp³-hybridized carbons (Fsp3) is 0.310. The van der Waals surface area contributed by atoms with Gasteiger partial charge in [-0.3, -0.25) is 0 Å². The molecule has 2 heterocycles. The molecule has 3 aromatic rings. The zero-order valence-corrected chi connectivity index (χ0v) is 21.0. The minimum absolute atomic E-state index is 0.114. The third-order valence-electron chi connectivity index (χ3n) is 6.49. The van der Waals surface area contributed by atoms with Crippen molar-refractivity contribution in [1.29, 1.82) is 0 Å². The number of hydrogen-bond acceptors (Lipinski definition) is 6. The summed E-state index contributed by atoms with van der Waals surface area (Å²) in [7, 11) is 0. The van der Waals surface area contributed by atoms with Crippen LogP contribution in [0.3, 0.4) is 0 Å². The van der Waals surface area contributed by atoms with E-state index in [0.717, 1.165) is 40.1 Å². The molecule has 2 aliphatic heterocycles. The summed E-state index contributed by atoms with van der Waals surface area (Å²) >= 11 is 0. The Labute approximate surface area is 218 Å². The molecule has 2 aliphatic rings. The molecule has 5 rings (SSSR count). The van der Waals surface area contributed by atoms with Crippen LogP contribution in [0.5, 0.6) is 17.2 Å².